The minimum Gasteiger partial charge on any atom is -0.374 e. The predicted molar refractivity (Wildman–Crippen MR) is 96.4 cm³/mol. The molecule has 2 heterocycles. The molecule has 2 aromatic rings. The molecule has 3 atom stereocenters. The number of pyridine rings is 1. The van der Waals surface area contributed by atoms with Crippen LogP contribution in [0.2, 0.25) is 5.02 Å². The lowest BCUT2D eigenvalue weighted by atomic mass is 9.97. The number of nitriles is 1. The van der Waals surface area contributed by atoms with Crippen LogP contribution in [0.5, 0.6) is 0 Å². The van der Waals surface area contributed by atoms with Crippen molar-refractivity contribution in [2.24, 2.45) is 11.7 Å². The van der Waals surface area contributed by atoms with Gasteiger partial charge in [-0.05, 0) is 37.1 Å². The lowest BCUT2D eigenvalue weighted by Gasteiger charge is -2.22. The molecule has 7 heteroatoms. The van der Waals surface area contributed by atoms with Gasteiger partial charge in [-0.15, -0.1) is 0 Å². The number of rotatable bonds is 5. The van der Waals surface area contributed by atoms with Crippen LogP contribution in [0.15, 0.2) is 30.5 Å². The van der Waals surface area contributed by atoms with Crippen molar-refractivity contribution >= 4 is 28.2 Å². The van der Waals surface area contributed by atoms with E-state index in [1.54, 1.807) is 6.20 Å². The van der Waals surface area contributed by atoms with Crippen LogP contribution in [0.25, 0.3) is 10.9 Å². The second kappa shape index (κ2) is 7.32. The molecule has 0 aliphatic carbocycles. The van der Waals surface area contributed by atoms with E-state index in [4.69, 9.17) is 17.3 Å². The Morgan fingerprint density at radius 2 is 2.21 bits per heavy atom. The molecular formula is C17H21ClN6. The highest BCUT2D eigenvalue weighted by Crippen LogP contribution is 2.27. The molecule has 0 bridgehead atoms. The average Bonchev–Trinajstić information content (AvgIpc) is 2.93. The predicted octanol–water partition coefficient (Wildman–Crippen LogP) is 2.01. The van der Waals surface area contributed by atoms with Crippen LogP contribution in [0.4, 0.5) is 5.69 Å². The third-order valence-electron chi connectivity index (χ3n) is 4.51. The van der Waals surface area contributed by atoms with Crippen LogP contribution >= 0.6 is 11.6 Å². The first-order chi connectivity index (χ1) is 11.6. The Labute approximate surface area is 146 Å². The Morgan fingerprint density at radius 3 is 3.00 bits per heavy atom. The van der Waals surface area contributed by atoms with E-state index >= 15 is 0 Å². The first-order valence-corrected chi connectivity index (χ1v) is 8.39. The highest BCUT2D eigenvalue weighted by atomic mass is 35.5. The highest BCUT2D eigenvalue weighted by molar-refractivity contribution is 6.31. The lowest BCUT2D eigenvalue weighted by Crippen LogP contribution is -2.38. The molecule has 1 aromatic carbocycles. The van der Waals surface area contributed by atoms with Crippen molar-refractivity contribution < 1.29 is 0 Å². The zero-order valence-electron chi connectivity index (χ0n) is 13.5. The van der Waals surface area contributed by atoms with E-state index in [0.717, 1.165) is 36.0 Å². The minimum atomic E-state index is -0.299. The summed E-state index contributed by atoms with van der Waals surface area (Å²) in [4.78, 5) is 6.59. The van der Waals surface area contributed by atoms with Gasteiger partial charge in [-0.3, -0.25) is 10.4 Å². The van der Waals surface area contributed by atoms with E-state index in [9.17, 15) is 5.26 Å². The molecule has 0 spiro atoms. The van der Waals surface area contributed by atoms with Gasteiger partial charge in [-0.25, -0.2) is 5.43 Å². The van der Waals surface area contributed by atoms with Gasteiger partial charge in [0.05, 0.1) is 23.7 Å². The van der Waals surface area contributed by atoms with E-state index in [1.165, 1.54) is 0 Å². The number of nitrogens with zero attached hydrogens (tertiary/aromatic N) is 3. The van der Waals surface area contributed by atoms with Gasteiger partial charge in [0.2, 0.25) is 0 Å². The van der Waals surface area contributed by atoms with E-state index < -0.39 is 0 Å². The van der Waals surface area contributed by atoms with E-state index in [-0.39, 0.29) is 18.1 Å². The molecule has 1 aliphatic heterocycles. The fourth-order valence-corrected chi connectivity index (χ4v) is 3.33. The maximum absolute atomic E-state index is 9.20. The maximum atomic E-state index is 9.20. The largest absolute Gasteiger partial charge is 0.374 e. The molecule has 1 saturated heterocycles. The molecule has 6 nitrogen and oxygen atoms in total. The molecule has 3 rings (SSSR count). The van der Waals surface area contributed by atoms with Crippen LogP contribution in [0.3, 0.4) is 0 Å². The highest BCUT2D eigenvalue weighted by Gasteiger charge is 2.32. The zero-order valence-corrected chi connectivity index (χ0v) is 14.3. The molecular weight excluding hydrogens is 324 g/mol. The van der Waals surface area contributed by atoms with Crippen LogP contribution < -0.4 is 21.5 Å². The first-order valence-electron chi connectivity index (χ1n) is 8.02. The number of hydrogen-bond donors (Lipinski definition) is 3. The van der Waals surface area contributed by atoms with E-state index in [2.05, 4.69) is 33.9 Å². The summed E-state index contributed by atoms with van der Waals surface area (Å²) < 4.78 is 0. The Bertz CT molecular complexity index is 758. The summed E-state index contributed by atoms with van der Waals surface area (Å²) in [6.45, 7) is 0.882. The fourth-order valence-electron chi connectivity index (χ4n) is 3.16. The van der Waals surface area contributed by atoms with E-state index in [0.29, 0.717) is 5.02 Å². The first kappa shape index (κ1) is 16.9. The van der Waals surface area contributed by atoms with Gasteiger partial charge in [0, 0.05) is 41.9 Å². The second-order valence-electron chi connectivity index (χ2n) is 6.13. The van der Waals surface area contributed by atoms with Crippen molar-refractivity contribution in [2.75, 3.05) is 18.5 Å². The van der Waals surface area contributed by atoms with Crippen molar-refractivity contribution in [1.82, 2.24) is 15.8 Å². The lowest BCUT2D eigenvalue weighted by molar-refractivity contribution is 0.464. The zero-order chi connectivity index (χ0) is 17.1. The van der Waals surface area contributed by atoms with Gasteiger partial charge in [0.15, 0.2) is 0 Å². The number of hydrogen-bond acceptors (Lipinski definition) is 6. The third-order valence-corrected chi connectivity index (χ3v) is 4.74. The number of nitrogens with one attached hydrogen (secondary N) is 2. The Morgan fingerprint density at radius 1 is 1.38 bits per heavy atom. The molecule has 24 heavy (non-hydrogen) atoms. The summed E-state index contributed by atoms with van der Waals surface area (Å²) in [5, 5.41) is 11.0. The molecule has 1 fully saturated rings. The monoisotopic (exact) mass is 344 g/mol. The molecule has 0 radical (unpaired) electrons. The van der Waals surface area contributed by atoms with Crippen LogP contribution in [-0.4, -0.2) is 30.8 Å². The summed E-state index contributed by atoms with van der Waals surface area (Å²) in [7, 11) is 2.07. The molecule has 1 aliphatic rings. The summed E-state index contributed by atoms with van der Waals surface area (Å²) in [6.07, 6.45) is 3.35. The number of halogens is 1. The number of aromatic nitrogens is 1. The quantitative estimate of drug-likeness (QED) is 0.768. The molecule has 0 saturated carbocycles. The van der Waals surface area contributed by atoms with Gasteiger partial charge in [-0.2, -0.15) is 5.26 Å². The SMILES string of the molecule is CN(CCCC1NNC(N)C1C#N)c1ccnc2cc(Cl)ccc12. The Hall–Kier alpha value is -1.91. The average molecular weight is 345 g/mol. The molecule has 0 amide bonds. The number of nitrogens with two attached hydrogens (primary N) is 1. The Kier molecular flexibility index (Phi) is 5.17. The number of benzene rings is 1. The topological polar surface area (TPSA) is 90.0 Å². The van der Waals surface area contributed by atoms with Crippen molar-refractivity contribution in [3.63, 3.8) is 0 Å². The number of fused-ring (bicyclic) bond motifs is 1. The smallest absolute Gasteiger partial charge is 0.0924 e. The van der Waals surface area contributed by atoms with E-state index in [1.807, 2.05) is 24.3 Å². The van der Waals surface area contributed by atoms with Gasteiger partial charge in [0.1, 0.15) is 0 Å². The number of hydrazine groups is 1. The summed E-state index contributed by atoms with van der Waals surface area (Å²) in [6, 6.07) is 10.1. The maximum Gasteiger partial charge on any atom is 0.0924 e. The Balaban J connectivity index is 1.64. The van der Waals surface area contributed by atoms with Crippen molar-refractivity contribution in [3.05, 3.63) is 35.5 Å². The second-order valence-corrected chi connectivity index (χ2v) is 6.57. The van der Waals surface area contributed by atoms with Crippen molar-refractivity contribution in [2.45, 2.75) is 25.0 Å². The summed E-state index contributed by atoms with van der Waals surface area (Å²) in [5.41, 5.74) is 13.9. The van der Waals surface area contributed by atoms with Crippen molar-refractivity contribution in [3.8, 4) is 6.07 Å². The molecule has 3 unspecified atom stereocenters. The third kappa shape index (κ3) is 3.45. The standard InChI is InChI=1S/C17H21ClN6/c1-24(8-2-3-14-13(10-19)17(20)23-22-14)16-6-7-21-15-9-11(18)4-5-12(15)16/h4-7,9,13-14,17,22-23H,2-3,8,20H2,1H3. The molecule has 4 N–H and O–H groups in total. The van der Waals surface area contributed by atoms with Gasteiger partial charge >= 0.3 is 0 Å². The minimum absolute atomic E-state index is 0.0893. The summed E-state index contributed by atoms with van der Waals surface area (Å²) >= 11 is 6.04. The fraction of sp³-hybridized carbons (Fsp3) is 0.412. The number of anilines is 1. The van der Waals surface area contributed by atoms with Crippen molar-refractivity contribution in [1.29, 1.82) is 5.26 Å². The van der Waals surface area contributed by atoms with Gasteiger partial charge < -0.3 is 10.6 Å². The molecule has 1 aromatic heterocycles. The normalized spacial score (nSPS) is 23.3. The van der Waals surface area contributed by atoms with Crippen LogP contribution in [0.1, 0.15) is 12.8 Å². The van der Waals surface area contributed by atoms with Crippen LogP contribution in [-0.2, 0) is 0 Å². The molecule has 126 valence electrons. The summed E-state index contributed by atoms with van der Waals surface area (Å²) in [5.74, 6) is -0.195. The van der Waals surface area contributed by atoms with Gasteiger partial charge in [0.25, 0.3) is 0 Å². The van der Waals surface area contributed by atoms with Crippen LogP contribution in [0, 0.1) is 17.2 Å². The van der Waals surface area contributed by atoms with Gasteiger partial charge in [-0.1, -0.05) is 11.6 Å².